The molecule has 0 aliphatic carbocycles. The molecule has 0 unspecified atom stereocenters. The molecule has 0 amide bonds. The highest BCUT2D eigenvalue weighted by atomic mass is 19.1. The maximum atomic E-state index is 12.9. The van der Waals surface area contributed by atoms with Crippen molar-refractivity contribution in [1.29, 1.82) is 0 Å². The number of aromatic nitrogens is 2. The first-order valence-corrected chi connectivity index (χ1v) is 4.25. The van der Waals surface area contributed by atoms with Crippen LogP contribution >= 0.6 is 0 Å². The average Bonchev–Trinajstić information content (AvgIpc) is 2.64. The number of nitrogens with zero attached hydrogens (tertiary/aromatic N) is 2. The molecule has 0 saturated heterocycles. The van der Waals surface area contributed by atoms with Crippen LogP contribution in [0.15, 0.2) is 36.9 Å². The Kier molecular flexibility index (Phi) is 2.18. The van der Waals surface area contributed by atoms with Gasteiger partial charge in [-0.3, -0.25) is 0 Å². The predicted octanol–water partition coefficient (Wildman–Crippen LogP) is 1.65. The molecule has 0 aliphatic heterocycles. The molecule has 2 N–H and O–H groups in total. The van der Waals surface area contributed by atoms with Crippen LogP contribution in [0.25, 0.3) is 0 Å². The highest BCUT2D eigenvalue weighted by molar-refractivity contribution is 5.46. The molecule has 2 rings (SSSR count). The van der Waals surface area contributed by atoms with Gasteiger partial charge >= 0.3 is 0 Å². The summed E-state index contributed by atoms with van der Waals surface area (Å²) in [5, 5.41) is 0. The Morgan fingerprint density at radius 3 is 3.00 bits per heavy atom. The van der Waals surface area contributed by atoms with E-state index >= 15 is 0 Å². The van der Waals surface area contributed by atoms with Gasteiger partial charge in [-0.2, -0.15) is 0 Å². The van der Waals surface area contributed by atoms with Crippen LogP contribution in [-0.2, 0) is 6.54 Å². The van der Waals surface area contributed by atoms with Crippen LogP contribution in [-0.4, -0.2) is 9.55 Å². The standard InChI is InChI=1S/C10H10FN3/c11-9-1-2-10(12)8(5-9)6-14-4-3-13-7-14/h1-5,7H,6,12H2. The third kappa shape index (κ3) is 1.74. The third-order valence-electron chi connectivity index (χ3n) is 2.02. The Morgan fingerprint density at radius 2 is 2.29 bits per heavy atom. The van der Waals surface area contributed by atoms with Gasteiger partial charge in [-0.1, -0.05) is 0 Å². The van der Waals surface area contributed by atoms with Gasteiger partial charge in [0.15, 0.2) is 0 Å². The normalized spacial score (nSPS) is 10.4. The quantitative estimate of drug-likeness (QED) is 0.733. The lowest BCUT2D eigenvalue weighted by Gasteiger charge is -2.05. The number of nitrogen functional groups attached to an aromatic ring is 1. The number of rotatable bonds is 2. The van der Waals surface area contributed by atoms with Gasteiger partial charge in [-0.05, 0) is 23.8 Å². The first kappa shape index (κ1) is 8.74. The summed E-state index contributed by atoms with van der Waals surface area (Å²) >= 11 is 0. The van der Waals surface area contributed by atoms with E-state index in [9.17, 15) is 4.39 Å². The van der Waals surface area contributed by atoms with Gasteiger partial charge in [0.2, 0.25) is 0 Å². The summed E-state index contributed by atoms with van der Waals surface area (Å²) < 4.78 is 14.7. The molecule has 1 aromatic heterocycles. The van der Waals surface area contributed by atoms with Crippen LogP contribution in [0.1, 0.15) is 5.56 Å². The van der Waals surface area contributed by atoms with E-state index in [-0.39, 0.29) is 5.82 Å². The first-order chi connectivity index (χ1) is 6.75. The number of halogens is 1. The molecule has 0 aliphatic rings. The van der Waals surface area contributed by atoms with Crippen LogP contribution in [0.4, 0.5) is 10.1 Å². The summed E-state index contributed by atoms with van der Waals surface area (Å²) in [5.74, 6) is -0.269. The minimum atomic E-state index is -0.269. The van der Waals surface area contributed by atoms with Gasteiger partial charge in [0.1, 0.15) is 5.82 Å². The van der Waals surface area contributed by atoms with Crippen molar-refractivity contribution in [2.45, 2.75) is 6.54 Å². The van der Waals surface area contributed by atoms with E-state index < -0.39 is 0 Å². The van der Waals surface area contributed by atoms with E-state index in [1.807, 2.05) is 10.8 Å². The zero-order valence-electron chi connectivity index (χ0n) is 7.52. The fourth-order valence-corrected chi connectivity index (χ4v) is 1.29. The largest absolute Gasteiger partial charge is 0.398 e. The second kappa shape index (κ2) is 3.49. The molecule has 0 fully saturated rings. The topological polar surface area (TPSA) is 43.8 Å². The molecule has 0 radical (unpaired) electrons. The Labute approximate surface area is 81.0 Å². The highest BCUT2D eigenvalue weighted by Crippen LogP contribution is 2.14. The number of hydrogen-bond acceptors (Lipinski definition) is 2. The summed E-state index contributed by atoms with van der Waals surface area (Å²) in [6.07, 6.45) is 5.16. The summed E-state index contributed by atoms with van der Waals surface area (Å²) in [6, 6.07) is 4.36. The van der Waals surface area contributed by atoms with Gasteiger partial charge < -0.3 is 10.3 Å². The number of anilines is 1. The molecule has 0 spiro atoms. The molecule has 2 aromatic rings. The van der Waals surface area contributed by atoms with E-state index in [1.54, 1.807) is 18.6 Å². The summed E-state index contributed by atoms with van der Waals surface area (Å²) in [7, 11) is 0. The summed E-state index contributed by atoms with van der Waals surface area (Å²) in [5.41, 5.74) is 7.07. The molecule has 3 nitrogen and oxygen atoms in total. The molecule has 0 saturated carbocycles. The molecule has 14 heavy (non-hydrogen) atoms. The molecule has 0 bridgehead atoms. The Hall–Kier alpha value is -1.84. The van der Waals surface area contributed by atoms with Crippen molar-refractivity contribution in [1.82, 2.24) is 9.55 Å². The van der Waals surface area contributed by atoms with Gasteiger partial charge in [-0.25, -0.2) is 9.37 Å². The van der Waals surface area contributed by atoms with Crippen molar-refractivity contribution in [3.8, 4) is 0 Å². The molecular formula is C10H10FN3. The zero-order chi connectivity index (χ0) is 9.97. The third-order valence-corrected chi connectivity index (χ3v) is 2.02. The lowest BCUT2D eigenvalue weighted by atomic mass is 10.2. The monoisotopic (exact) mass is 191 g/mol. The highest BCUT2D eigenvalue weighted by Gasteiger charge is 2.01. The summed E-state index contributed by atoms with van der Waals surface area (Å²) in [6.45, 7) is 0.545. The van der Waals surface area contributed by atoms with Crippen LogP contribution in [0.2, 0.25) is 0 Å². The van der Waals surface area contributed by atoms with E-state index in [0.717, 1.165) is 5.56 Å². The first-order valence-electron chi connectivity index (χ1n) is 4.25. The fourth-order valence-electron chi connectivity index (χ4n) is 1.29. The molecular weight excluding hydrogens is 181 g/mol. The van der Waals surface area contributed by atoms with Gasteiger partial charge in [0.05, 0.1) is 12.9 Å². The molecule has 1 aromatic carbocycles. The Bertz CT molecular complexity index is 423. The van der Waals surface area contributed by atoms with E-state index in [1.165, 1.54) is 12.1 Å². The zero-order valence-corrected chi connectivity index (χ0v) is 7.52. The van der Waals surface area contributed by atoms with Crippen molar-refractivity contribution < 1.29 is 4.39 Å². The van der Waals surface area contributed by atoms with Gasteiger partial charge in [0, 0.05) is 18.1 Å². The maximum absolute atomic E-state index is 12.9. The molecule has 4 heteroatoms. The number of nitrogens with two attached hydrogens (primary N) is 1. The molecule has 72 valence electrons. The van der Waals surface area contributed by atoms with Crippen molar-refractivity contribution in [3.05, 3.63) is 48.3 Å². The van der Waals surface area contributed by atoms with Crippen LogP contribution in [0.5, 0.6) is 0 Å². The second-order valence-corrected chi connectivity index (χ2v) is 3.08. The van der Waals surface area contributed by atoms with E-state index in [2.05, 4.69) is 4.98 Å². The van der Waals surface area contributed by atoms with Crippen molar-refractivity contribution in [2.24, 2.45) is 0 Å². The van der Waals surface area contributed by atoms with Crippen molar-refractivity contribution in [2.75, 3.05) is 5.73 Å². The van der Waals surface area contributed by atoms with E-state index in [0.29, 0.717) is 12.2 Å². The summed E-state index contributed by atoms with van der Waals surface area (Å²) in [4.78, 5) is 3.90. The predicted molar refractivity (Wildman–Crippen MR) is 52.1 cm³/mol. The van der Waals surface area contributed by atoms with E-state index in [4.69, 9.17) is 5.73 Å². The fraction of sp³-hybridized carbons (Fsp3) is 0.100. The van der Waals surface area contributed by atoms with Gasteiger partial charge in [0.25, 0.3) is 0 Å². The van der Waals surface area contributed by atoms with Crippen molar-refractivity contribution >= 4 is 5.69 Å². The minimum absolute atomic E-state index is 0.269. The minimum Gasteiger partial charge on any atom is -0.398 e. The smallest absolute Gasteiger partial charge is 0.123 e. The van der Waals surface area contributed by atoms with Crippen molar-refractivity contribution in [3.63, 3.8) is 0 Å². The Balaban J connectivity index is 2.28. The molecule has 1 heterocycles. The number of benzene rings is 1. The Morgan fingerprint density at radius 1 is 1.43 bits per heavy atom. The van der Waals surface area contributed by atoms with Crippen LogP contribution in [0.3, 0.4) is 0 Å². The average molecular weight is 191 g/mol. The van der Waals surface area contributed by atoms with Gasteiger partial charge in [-0.15, -0.1) is 0 Å². The number of hydrogen-bond donors (Lipinski definition) is 1. The molecule has 0 atom stereocenters. The number of imidazole rings is 1. The maximum Gasteiger partial charge on any atom is 0.123 e. The second-order valence-electron chi connectivity index (χ2n) is 3.08. The van der Waals surface area contributed by atoms with Crippen LogP contribution < -0.4 is 5.73 Å². The van der Waals surface area contributed by atoms with Crippen LogP contribution in [0, 0.1) is 5.82 Å². The lowest BCUT2D eigenvalue weighted by molar-refractivity contribution is 0.624. The lowest BCUT2D eigenvalue weighted by Crippen LogP contribution is -2.01. The SMILES string of the molecule is Nc1ccc(F)cc1Cn1ccnc1.